The van der Waals surface area contributed by atoms with E-state index in [0.717, 1.165) is 11.8 Å². The fourth-order valence-corrected chi connectivity index (χ4v) is 0.754. The number of methoxy groups -OCH3 is 1. The van der Waals surface area contributed by atoms with Crippen LogP contribution in [0.4, 0.5) is 0 Å². The van der Waals surface area contributed by atoms with Crippen molar-refractivity contribution in [2.45, 2.75) is 6.04 Å². The highest BCUT2D eigenvalue weighted by Gasteiger charge is 1.99. The fraction of sp³-hybridized carbons (Fsp3) is 0.300. The molecule has 0 amide bonds. The lowest BCUT2D eigenvalue weighted by atomic mass is 10.1. The van der Waals surface area contributed by atoms with E-state index in [0.29, 0.717) is 0 Å². The summed E-state index contributed by atoms with van der Waals surface area (Å²) >= 11 is 0. The minimum Gasteiger partial charge on any atom is -0.388 e. The molecule has 1 atom stereocenters. The van der Waals surface area contributed by atoms with Crippen LogP contribution in [-0.4, -0.2) is 20.5 Å². The molecular formula is C10H15NO2. The normalized spacial score (nSPS) is 11.0. The van der Waals surface area contributed by atoms with E-state index in [2.05, 4.69) is 4.74 Å². The van der Waals surface area contributed by atoms with Gasteiger partial charge in [-0.2, -0.15) is 0 Å². The molecule has 0 fully saturated rings. The molecule has 3 nitrogen and oxygen atoms in total. The van der Waals surface area contributed by atoms with E-state index in [9.17, 15) is 4.79 Å². The summed E-state index contributed by atoms with van der Waals surface area (Å²) in [6.45, 7) is 0. The van der Waals surface area contributed by atoms with Gasteiger partial charge in [-0.3, -0.25) is 0 Å². The van der Waals surface area contributed by atoms with Crippen molar-refractivity contribution in [1.82, 2.24) is 0 Å². The Kier molecular flexibility index (Phi) is 6.78. The molecule has 2 N–H and O–H groups in total. The van der Waals surface area contributed by atoms with Gasteiger partial charge < -0.3 is 15.3 Å². The first-order valence-corrected chi connectivity index (χ1v) is 3.92. The summed E-state index contributed by atoms with van der Waals surface area (Å²) in [5.41, 5.74) is 6.29. The molecule has 0 radical (unpaired) electrons. The molecule has 0 aromatic heterocycles. The van der Waals surface area contributed by atoms with Crippen LogP contribution in [0.5, 0.6) is 0 Å². The zero-order chi connectivity index (χ0) is 10.1. The summed E-state index contributed by atoms with van der Waals surface area (Å²) in [5.74, 6) is 0. The van der Waals surface area contributed by atoms with Crippen LogP contribution in [0, 0.1) is 0 Å². The Balaban J connectivity index is 0.000000424. The second kappa shape index (κ2) is 7.46. The van der Waals surface area contributed by atoms with Crippen LogP contribution < -0.4 is 5.73 Å². The fourth-order valence-electron chi connectivity index (χ4n) is 0.754. The number of carbonyl (C=O) groups is 1. The molecule has 1 rings (SSSR count). The van der Waals surface area contributed by atoms with Gasteiger partial charge in [-0.05, 0) is 5.56 Å². The van der Waals surface area contributed by atoms with Crippen molar-refractivity contribution in [3.05, 3.63) is 35.9 Å². The number of aldehydes is 1. The molecule has 0 aliphatic carbocycles. The molecule has 0 aliphatic rings. The number of rotatable bonds is 2. The molecule has 0 bridgehead atoms. The number of benzene rings is 1. The minimum absolute atomic E-state index is 0.471. The van der Waals surface area contributed by atoms with Crippen LogP contribution >= 0.6 is 0 Å². The first kappa shape index (κ1) is 11.8. The van der Waals surface area contributed by atoms with E-state index >= 15 is 0 Å². The number of hydrogen-bond donors (Lipinski definition) is 1. The van der Waals surface area contributed by atoms with E-state index in [-0.39, 0.29) is 0 Å². The van der Waals surface area contributed by atoms with E-state index < -0.39 is 6.04 Å². The summed E-state index contributed by atoms with van der Waals surface area (Å²) < 4.78 is 4.25. The molecule has 1 aromatic rings. The molecular weight excluding hydrogens is 166 g/mol. The van der Waals surface area contributed by atoms with Gasteiger partial charge in [-0.1, -0.05) is 30.3 Å². The Bertz CT molecular complexity index is 224. The molecule has 0 spiro atoms. The third-order valence-electron chi connectivity index (χ3n) is 1.33. The zero-order valence-corrected chi connectivity index (χ0v) is 7.94. The molecule has 0 saturated heterocycles. The van der Waals surface area contributed by atoms with Gasteiger partial charge in [0.1, 0.15) is 6.29 Å². The molecule has 0 aliphatic heterocycles. The van der Waals surface area contributed by atoms with Crippen LogP contribution in [-0.2, 0) is 9.53 Å². The summed E-state index contributed by atoms with van der Waals surface area (Å²) in [5, 5.41) is 0. The summed E-state index contributed by atoms with van der Waals surface area (Å²) in [6.07, 6.45) is 0.731. The predicted molar refractivity (Wildman–Crippen MR) is 52.4 cm³/mol. The zero-order valence-electron chi connectivity index (χ0n) is 7.94. The first-order valence-electron chi connectivity index (χ1n) is 3.92. The van der Waals surface area contributed by atoms with Crippen molar-refractivity contribution in [3.8, 4) is 0 Å². The van der Waals surface area contributed by atoms with Crippen molar-refractivity contribution in [1.29, 1.82) is 0 Å². The van der Waals surface area contributed by atoms with Gasteiger partial charge in [-0.25, -0.2) is 0 Å². The summed E-state index contributed by atoms with van der Waals surface area (Å²) in [6, 6.07) is 8.80. The largest absolute Gasteiger partial charge is 0.388 e. The van der Waals surface area contributed by atoms with Gasteiger partial charge >= 0.3 is 0 Å². The highest BCUT2D eigenvalue weighted by Crippen LogP contribution is 2.05. The van der Waals surface area contributed by atoms with E-state index in [1.54, 1.807) is 14.2 Å². The maximum absolute atomic E-state index is 10.2. The molecule has 0 saturated carbocycles. The SMILES string of the molecule is COC.N[C@@H](C=O)c1ccccc1. The maximum atomic E-state index is 10.2. The average Bonchev–Trinajstić information content (AvgIpc) is 2.19. The predicted octanol–water partition coefficient (Wildman–Crippen LogP) is 1.15. The van der Waals surface area contributed by atoms with Crippen LogP contribution in [0.25, 0.3) is 0 Å². The molecule has 13 heavy (non-hydrogen) atoms. The summed E-state index contributed by atoms with van der Waals surface area (Å²) in [4.78, 5) is 10.2. The standard InChI is InChI=1S/C8H9NO.C2H6O/c9-8(6-10)7-4-2-1-3-5-7;1-3-2/h1-6,8H,9H2;1-2H3/t8-;/m0./s1. The third kappa shape index (κ3) is 5.11. The Morgan fingerprint density at radius 1 is 1.31 bits per heavy atom. The monoisotopic (exact) mass is 181 g/mol. The second-order valence-corrected chi connectivity index (χ2v) is 2.48. The van der Waals surface area contributed by atoms with Crippen molar-refractivity contribution in [3.63, 3.8) is 0 Å². The van der Waals surface area contributed by atoms with Crippen molar-refractivity contribution in [2.24, 2.45) is 5.73 Å². The average molecular weight is 181 g/mol. The lowest BCUT2D eigenvalue weighted by molar-refractivity contribution is -0.109. The van der Waals surface area contributed by atoms with Gasteiger partial charge in [0, 0.05) is 14.2 Å². The lowest BCUT2D eigenvalue weighted by Crippen LogP contribution is -2.10. The Morgan fingerprint density at radius 2 is 1.77 bits per heavy atom. The van der Waals surface area contributed by atoms with Crippen molar-refractivity contribution < 1.29 is 9.53 Å². The van der Waals surface area contributed by atoms with Crippen LogP contribution in [0.1, 0.15) is 11.6 Å². The van der Waals surface area contributed by atoms with Crippen molar-refractivity contribution >= 4 is 6.29 Å². The minimum atomic E-state index is -0.471. The Morgan fingerprint density at radius 3 is 2.15 bits per heavy atom. The molecule has 0 unspecified atom stereocenters. The molecule has 72 valence electrons. The lowest BCUT2D eigenvalue weighted by Gasteiger charge is -2.00. The van der Waals surface area contributed by atoms with E-state index in [1.165, 1.54) is 0 Å². The highest BCUT2D eigenvalue weighted by atomic mass is 16.4. The highest BCUT2D eigenvalue weighted by molar-refractivity contribution is 5.60. The van der Waals surface area contributed by atoms with Gasteiger partial charge in [-0.15, -0.1) is 0 Å². The van der Waals surface area contributed by atoms with Crippen molar-refractivity contribution in [2.75, 3.05) is 14.2 Å². The van der Waals surface area contributed by atoms with E-state index in [1.807, 2.05) is 30.3 Å². The van der Waals surface area contributed by atoms with Gasteiger partial charge in [0.15, 0.2) is 0 Å². The van der Waals surface area contributed by atoms with Crippen LogP contribution in [0.3, 0.4) is 0 Å². The van der Waals surface area contributed by atoms with Gasteiger partial charge in [0.2, 0.25) is 0 Å². The number of hydrogen-bond acceptors (Lipinski definition) is 3. The second-order valence-electron chi connectivity index (χ2n) is 2.48. The Hall–Kier alpha value is -1.19. The topological polar surface area (TPSA) is 52.3 Å². The number of ether oxygens (including phenoxy) is 1. The maximum Gasteiger partial charge on any atom is 0.141 e. The smallest absolute Gasteiger partial charge is 0.141 e. The van der Waals surface area contributed by atoms with Gasteiger partial charge in [0.05, 0.1) is 6.04 Å². The summed E-state index contributed by atoms with van der Waals surface area (Å²) in [7, 11) is 3.25. The molecule has 0 heterocycles. The van der Waals surface area contributed by atoms with Gasteiger partial charge in [0.25, 0.3) is 0 Å². The number of nitrogens with two attached hydrogens (primary N) is 1. The molecule has 1 aromatic carbocycles. The third-order valence-corrected chi connectivity index (χ3v) is 1.33. The molecule has 3 heteroatoms. The first-order chi connectivity index (χ1) is 6.26. The van der Waals surface area contributed by atoms with E-state index in [4.69, 9.17) is 5.73 Å². The van der Waals surface area contributed by atoms with Crippen LogP contribution in [0.2, 0.25) is 0 Å². The van der Waals surface area contributed by atoms with Crippen LogP contribution in [0.15, 0.2) is 30.3 Å². The number of carbonyl (C=O) groups excluding carboxylic acids is 1. The Labute approximate surface area is 78.5 Å². The quantitative estimate of drug-likeness (QED) is 0.696.